The number of aliphatic hydroxyl groups excluding tert-OH is 1. The Bertz CT molecular complexity index is 586. The van der Waals surface area contributed by atoms with Gasteiger partial charge in [-0.05, 0) is 32.0 Å². The van der Waals surface area contributed by atoms with Gasteiger partial charge in [0.05, 0.1) is 18.3 Å². The van der Waals surface area contributed by atoms with E-state index in [9.17, 15) is 13.9 Å². The molecule has 1 heterocycles. The van der Waals surface area contributed by atoms with Gasteiger partial charge in [0.25, 0.3) is 0 Å². The number of hydrogen-bond acceptors (Lipinski definition) is 4. The molecule has 0 bridgehead atoms. The van der Waals surface area contributed by atoms with Crippen molar-refractivity contribution in [3.8, 4) is 0 Å². The zero-order valence-corrected chi connectivity index (χ0v) is 11.2. The summed E-state index contributed by atoms with van der Waals surface area (Å²) in [7, 11) is 0. The van der Waals surface area contributed by atoms with E-state index in [-0.39, 0.29) is 18.2 Å². The van der Waals surface area contributed by atoms with Crippen LogP contribution >= 0.6 is 0 Å². The zero-order valence-electron chi connectivity index (χ0n) is 11.2. The molecule has 4 nitrogen and oxygen atoms in total. The monoisotopic (exact) mass is 282 g/mol. The molecule has 0 amide bonds. The van der Waals surface area contributed by atoms with E-state index in [1.54, 1.807) is 20.0 Å². The van der Waals surface area contributed by atoms with Crippen molar-refractivity contribution in [3.05, 3.63) is 53.2 Å². The lowest BCUT2D eigenvalue weighted by molar-refractivity contribution is 0.163. The third-order valence-electron chi connectivity index (χ3n) is 2.94. The van der Waals surface area contributed by atoms with Crippen molar-refractivity contribution in [2.75, 3.05) is 6.54 Å². The summed E-state index contributed by atoms with van der Waals surface area (Å²) in [5, 5.41) is 12.9. The number of aromatic nitrogens is 1. The quantitative estimate of drug-likeness (QED) is 0.885. The average molecular weight is 282 g/mol. The predicted molar refractivity (Wildman–Crippen MR) is 69.0 cm³/mol. The van der Waals surface area contributed by atoms with Crippen molar-refractivity contribution in [1.29, 1.82) is 0 Å². The molecule has 108 valence electrons. The molecule has 0 aliphatic carbocycles. The van der Waals surface area contributed by atoms with Crippen molar-refractivity contribution in [1.82, 2.24) is 10.3 Å². The van der Waals surface area contributed by atoms with Crippen LogP contribution in [0, 0.1) is 18.6 Å². The Labute approximate surface area is 115 Å². The van der Waals surface area contributed by atoms with Gasteiger partial charge in [0, 0.05) is 12.1 Å². The average Bonchev–Trinajstić information content (AvgIpc) is 2.85. The summed E-state index contributed by atoms with van der Waals surface area (Å²) in [6.07, 6.45) is 0.445. The molecule has 2 rings (SSSR count). The Morgan fingerprint density at radius 1 is 1.40 bits per heavy atom. The first-order valence-electron chi connectivity index (χ1n) is 6.26. The molecule has 2 aromatic rings. The van der Waals surface area contributed by atoms with Crippen LogP contribution in [0.3, 0.4) is 0 Å². The number of nitrogens with zero attached hydrogens (tertiary/aromatic N) is 1. The molecular weight excluding hydrogens is 266 g/mol. The normalized spacial score (nSPS) is 14.2. The van der Waals surface area contributed by atoms with Crippen LogP contribution in [0.2, 0.25) is 0 Å². The van der Waals surface area contributed by atoms with Gasteiger partial charge in [-0.15, -0.1) is 0 Å². The van der Waals surface area contributed by atoms with Crippen molar-refractivity contribution in [2.45, 2.75) is 26.0 Å². The molecule has 2 unspecified atom stereocenters. The fourth-order valence-corrected chi connectivity index (χ4v) is 1.83. The van der Waals surface area contributed by atoms with Crippen LogP contribution < -0.4 is 5.32 Å². The van der Waals surface area contributed by atoms with E-state index in [2.05, 4.69) is 10.3 Å². The van der Waals surface area contributed by atoms with Crippen LogP contribution in [0.25, 0.3) is 0 Å². The molecule has 0 aliphatic rings. The molecule has 1 aromatic heterocycles. The van der Waals surface area contributed by atoms with Gasteiger partial charge in [-0.25, -0.2) is 13.8 Å². The SMILES string of the molecule is Cc1cnc(C(C)NCC(O)c2cc(F)ccc2F)o1. The highest BCUT2D eigenvalue weighted by Gasteiger charge is 2.17. The predicted octanol–water partition coefficient (Wildman–Crippen LogP) is 2.65. The maximum absolute atomic E-state index is 13.5. The minimum Gasteiger partial charge on any atom is -0.444 e. The third-order valence-corrected chi connectivity index (χ3v) is 2.94. The lowest BCUT2D eigenvalue weighted by Gasteiger charge is -2.16. The molecule has 6 heteroatoms. The van der Waals surface area contributed by atoms with Crippen LogP contribution in [-0.2, 0) is 0 Å². The first-order valence-corrected chi connectivity index (χ1v) is 6.26. The zero-order chi connectivity index (χ0) is 14.7. The number of oxazole rings is 1. The van der Waals surface area contributed by atoms with Gasteiger partial charge in [0.15, 0.2) is 0 Å². The maximum atomic E-state index is 13.5. The summed E-state index contributed by atoms with van der Waals surface area (Å²) in [6.45, 7) is 3.64. The van der Waals surface area contributed by atoms with Gasteiger partial charge in [0.2, 0.25) is 5.89 Å². The highest BCUT2D eigenvalue weighted by molar-refractivity contribution is 5.21. The van der Waals surface area contributed by atoms with Gasteiger partial charge in [-0.3, -0.25) is 0 Å². The Kier molecular flexibility index (Phi) is 4.46. The van der Waals surface area contributed by atoms with Crippen LogP contribution in [0.15, 0.2) is 28.8 Å². The number of nitrogens with one attached hydrogen (secondary N) is 1. The number of rotatable bonds is 5. The fourth-order valence-electron chi connectivity index (χ4n) is 1.83. The smallest absolute Gasteiger partial charge is 0.211 e. The van der Waals surface area contributed by atoms with Crippen molar-refractivity contribution in [3.63, 3.8) is 0 Å². The van der Waals surface area contributed by atoms with Crippen LogP contribution in [0.1, 0.15) is 36.3 Å². The van der Waals surface area contributed by atoms with E-state index in [1.165, 1.54) is 0 Å². The first-order chi connectivity index (χ1) is 9.47. The largest absolute Gasteiger partial charge is 0.444 e. The van der Waals surface area contributed by atoms with Crippen molar-refractivity contribution in [2.24, 2.45) is 0 Å². The second kappa shape index (κ2) is 6.11. The Hall–Kier alpha value is -1.79. The van der Waals surface area contributed by atoms with Crippen LogP contribution in [0.5, 0.6) is 0 Å². The van der Waals surface area contributed by atoms with Gasteiger partial charge in [0.1, 0.15) is 17.4 Å². The molecule has 0 radical (unpaired) electrons. The molecule has 1 aromatic carbocycles. The van der Waals surface area contributed by atoms with E-state index in [0.29, 0.717) is 11.7 Å². The molecule has 0 saturated carbocycles. The number of benzene rings is 1. The van der Waals surface area contributed by atoms with Gasteiger partial charge >= 0.3 is 0 Å². The van der Waals surface area contributed by atoms with Crippen LogP contribution in [-0.4, -0.2) is 16.6 Å². The van der Waals surface area contributed by atoms with Gasteiger partial charge in [-0.2, -0.15) is 0 Å². The first kappa shape index (κ1) is 14.6. The molecule has 20 heavy (non-hydrogen) atoms. The Balaban J connectivity index is 1.98. The third kappa shape index (κ3) is 3.40. The van der Waals surface area contributed by atoms with E-state index in [0.717, 1.165) is 18.2 Å². The van der Waals surface area contributed by atoms with Crippen molar-refractivity contribution < 1.29 is 18.3 Å². The van der Waals surface area contributed by atoms with Gasteiger partial charge in [-0.1, -0.05) is 0 Å². The summed E-state index contributed by atoms with van der Waals surface area (Å²) in [5.41, 5.74) is -0.0757. The Morgan fingerprint density at radius 2 is 2.15 bits per heavy atom. The lowest BCUT2D eigenvalue weighted by Crippen LogP contribution is -2.25. The number of hydrogen-bond donors (Lipinski definition) is 2. The highest BCUT2D eigenvalue weighted by Crippen LogP contribution is 2.19. The van der Waals surface area contributed by atoms with E-state index >= 15 is 0 Å². The maximum Gasteiger partial charge on any atom is 0.211 e. The molecule has 0 aliphatic heterocycles. The minimum absolute atomic E-state index is 0.0585. The van der Waals surface area contributed by atoms with E-state index in [1.807, 2.05) is 0 Å². The summed E-state index contributed by atoms with van der Waals surface area (Å²) < 4.78 is 31.9. The molecule has 2 N–H and O–H groups in total. The molecule has 0 fully saturated rings. The standard InChI is InChI=1S/C14H16F2N2O2/c1-8-6-18-14(20-8)9(2)17-7-13(19)11-5-10(15)3-4-12(11)16/h3-6,9,13,17,19H,7H2,1-2H3. The second-order valence-electron chi connectivity index (χ2n) is 4.62. The Morgan fingerprint density at radius 3 is 2.80 bits per heavy atom. The molecule has 0 saturated heterocycles. The van der Waals surface area contributed by atoms with E-state index < -0.39 is 17.7 Å². The summed E-state index contributed by atoms with van der Waals surface area (Å²) in [5.74, 6) is -0.0584. The number of halogens is 2. The topological polar surface area (TPSA) is 58.3 Å². The number of aryl methyl sites for hydroxylation is 1. The summed E-state index contributed by atoms with van der Waals surface area (Å²) in [6, 6.07) is 2.75. The summed E-state index contributed by atoms with van der Waals surface area (Å²) in [4.78, 5) is 4.05. The van der Waals surface area contributed by atoms with Crippen LogP contribution in [0.4, 0.5) is 8.78 Å². The number of aliphatic hydroxyl groups is 1. The molecular formula is C14H16F2N2O2. The molecule has 2 atom stereocenters. The van der Waals surface area contributed by atoms with E-state index in [4.69, 9.17) is 4.42 Å². The second-order valence-corrected chi connectivity index (χ2v) is 4.62. The minimum atomic E-state index is -1.15. The molecule has 0 spiro atoms. The van der Waals surface area contributed by atoms with Gasteiger partial charge < -0.3 is 14.8 Å². The van der Waals surface area contributed by atoms with Crippen molar-refractivity contribution >= 4 is 0 Å². The summed E-state index contributed by atoms with van der Waals surface area (Å²) >= 11 is 0. The fraction of sp³-hybridized carbons (Fsp3) is 0.357. The lowest BCUT2D eigenvalue weighted by atomic mass is 10.1. The highest BCUT2D eigenvalue weighted by atomic mass is 19.1.